The van der Waals surface area contributed by atoms with Gasteiger partial charge in [-0.15, -0.1) is 16.8 Å². The molecule has 1 aromatic carbocycles. The van der Waals surface area contributed by atoms with Crippen molar-refractivity contribution in [2.45, 2.75) is 23.9 Å². The summed E-state index contributed by atoms with van der Waals surface area (Å²) in [6.45, 7) is 5.80. The molecule has 2 heterocycles. The molecular formula is C19H16Cl2FN5OS. The molecule has 0 radical (unpaired) electrons. The molecule has 6 nitrogen and oxygen atoms in total. The zero-order valence-corrected chi connectivity index (χ0v) is 17.6. The Balaban J connectivity index is 1.81. The summed E-state index contributed by atoms with van der Waals surface area (Å²) in [5, 5.41) is 11.4. The molecule has 3 rings (SSSR count). The number of amides is 1. The SMILES string of the molecule is C=CCn1c(SC(C)C(=O)Nc2ncc(Cl)cc2Cl)nnc1-c1ccccc1F. The van der Waals surface area contributed by atoms with E-state index < -0.39 is 11.1 Å². The van der Waals surface area contributed by atoms with E-state index in [-0.39, 0.29) is 16.7 Å². The molecule has 0 saturated carbocycles. The summed E-state index contributed by atoms with van der Waals surface area (Å²) in [5.41, 5.74) is 0.322. The fourth-order valence-corrected chi connectivity index (χ4v) is 3.73. The minimum Gasteiger partial charge on any atom is -0.308 e. The highest BCUT2D eigenvalue weighted by molar-refractivity contribution is 8.00. The molecule has 1 atom stereocenters. The Morgan fingerprint density at radius 2 is 2.14 bits per heavy atom. The van der Waals surface area contributed by atoms with Crippen LogP contribution in [0.3, 0.4) is 0 Å². The van der Waals surface area contributed by atoms with Gasteiger partial charge in [-0.05, 0) is 25.1 Å². The first-order valence-corrected chi connectivity index (χ1v) is 10.1. The van der Waals surface area contributed by atoms with Gasteiger partial charge in [0.25, 0.3) is 0 Å². The molecule has 0 aliphatic heterocycles. The van der Waals surface area contributed by atoms with Crippen molar-refractivity contribution in [3.05, 3.63) is 65.0 Å². The van der Waals surface area contributed by atoms with E-state index in [1.54, 1.807) is 35.8 Å². The number of benzene rings is 1. The maximum atomic E-state index is 14.2. The van der Waals surface area contributed by atoms with Crippen molar-refractivity contribution < 1.29 is 9.18 Å². The first-order chi connectivity index (χ1) is 13.9. The Kier molecular flexibility index (Phi) is 6.89. The number of anilines is 1. The van der Waals surface area contributed by atoms with Crippen molar-refractivity contribution in [2.75, 3.05) is 5.32 Å². The summed E-state index contributed by atoms with van der Waals surface area (Å²) in [6, 6.07) is 7.79. The Bertz CT molecular complexity index is 1060. The molecule has 1 amide bonds. The van der Waals surface area contributed by atoms with Crippen LogP contribution in [0.5, 0.6) is 0 Å². The summed E-state index contributed by atoms with van der Waals surface area (Å²) in [4.78, 5) is 16.6. The topological polar surface area (TPSA) is 72.7 Å². The predicted octanol–water partition coefficient (Wildman–Crippen LogP) is 5.09. The fourth-order valence-electron chi connectivity index (χ4n) is 2.45. The molecule has 0 bridgehead atoms. The molecular weight excluding hydrogens is 436 g/mol. The van der Waals surface area contributed by atoms with Gasteiger partial charge in [-0.1, -0.05) is 53.2 Å². The van der Waals surface area contributed by atoms with Gasteiger partial charge in [0.15, 0.2) is 16.8 Å². The number of pyridine rings is 1. The Morgan fingerprint density at radius 3 is 2.83 bits per heavy atom. The monoisotopic (exact) mass is 451 g/mol. The van der Waals surface area contributed by atoms with Crippen LogP contribution in [0.1, 0.15) is 6.92 Å². The number of hydrogen-bond acceptors (Lipinski definition) is 5. The van der Waals surface area contributed by atoms with Crippen LogP contribution in [0.2, 0.25) is 10.0 Å². The molecule has 1 unspecified atom stereocenters. The van der Waals surface area contributed by atoms with E-state index in [1.807, 2.05) is 0 Å². The van der Waals surface area contributed by atoms with E-state index in [2.05, 4.69) is 27.1 Å². The summed E-state index contributed by atoms with van der Waals surface area (Å²) in [7, 11) is 0. The number of hydrogen-bond donors (Lipinski definition) is 1. The molecule has 10 heteroatoms. The second-order valence-corrected chi connectivity index (χ2v) is 8.07. The van der Waals surface area contributed by atoms with Gasteiger partial charge in [0.2, 0.25) is 5.91 Å². The van der Waals surface area contributed by atoms with Gasteiger partial charge in [0.05, 0.1) is 20.9 Å². The number of carbonyl (C=O) groups excluding carboxylic acids is 1. The quantitative estimate of drug-likeness (QED) is 0.399. The third-order valence-electron chi connectivity index (χ3n) is 3.84. The van der Waals surface area contributed by atoms with Crippen LogP contribution in [0.25, 0.3) is 11.4 Å². The highest BCUT2D eigenvalue weighted by atomic mass is 35.5. The van der Waals surface area contributed by atoms with Crippen LogP contribution in [0.4, 0.5) is 10.2 Å². The molecule has 0 spiro atoms. The molecule has 0 aliphatic carbocycles. The third kappa shape index (κ3) is 4.95. The lowest BCUT2D eigenvalue weighted by Crippen LogP contribution is -2.23. The second kappa shape index (κ2) is 9.39. The third-order valence-corrected chi connectivity index (χ3v) is 5.42. The van der Waals surface area contributed by atoms with Gasteiger partial charge >= 0.3 is 0 Å². The van der Waals surface area contributed by atoms with Crippen molar-refractivity contribution in [1.29, 1.82) is 0 Å². The van der Waals surface area contributed by atoms with Crippen LogP contribution in [0, 0.1) is 5.82 Å². The van der Waals surface area contributed by atoms with Crippen molar-refractivity contribution >= 4 is 46.7 Å². The zero-order valence-electron chi connectivity index (χ0n) is 15.3. The maximum Gasteiger partial charge on any atom is 0.238 e. The largest absolute Gasteiger partial charge is 0.308 e. The van der Waals surface area contributed by atoms with Crippen molar-refractivity contribution in [3.8, 4) is 11.4 Å². The van der Waals surface area contributed by atoms with Crippen LogP contribution in [0.15, 0.2) is 54.3 Å². The van der Waals surface area contributed by atoms with Gasteiger partial charge in [-0.3, -0.25) is 9.36 Å². The number of nitrogens with zero attached hydrogens (tertiary/aromatic N) is 4. The van der Waals surface area contributed by atoms with E-state index >= 15 is 0 Å². The standard InChI is InChI=1S/C19H16Cl2FN5OS/c1-3-8-27-17(13-6-4-5-7-15(13)22)25-26-19(27)29-11(2)18(28)24-16-14(21)9-12(20)10-23-16/h3-7,9-11H,1,8H2,2H3,(H,23,24,28). The number of carbonyl (C=O) groups is 1. The maximum absolute atomic E-state index is 14.2. The number of aromatic nitrogens is 4. The average molecular weight is 452 g/mol. The van der Waals surface area contributed by atoms with Gasteiger partial charge in [0.1, 0.15) is 5.82 Å². The lowest BCUT2D eigenvalue weighted by atomic mass is 10.2. The van der Waals surface area contributed by atoms with Crippen LogP contribution >= 0.6 is 35.0 Å². The van der Waals surface area contributed by atoms with E-state index in [1.165, 1.54) is 30.1 Å². The minimum atomic E-state index is -0.551. The second-order valence-electron chi connectivity index (χ2n) is 5.92. The lowest BCUT2D eigenvalue weighted by Gasteiger charge is -2.13. The molecule has 0 fully saturated rings. The normalized spacial score (nSPS) is 11.9. The summed E-state index contributed by atoms with van der Waals surface area (Å²) in [6.07, 6.45) is 3.04. The molecule has 0 aliphatic rings. The van der Waals surface area contributed by atoms with E-state index in [0.717, 1.165) is 0 Å². The Morgan fingerprint density at radius 1 is 1.38 bits per heavy atom. The molecule has 3 aromatic rings. The van der Waals surface area contributed by atoms with Crippen LogP contribution in [-0.4, -0.2) is 30.9 Å². The van der Waals surface area contributed by atoms with E-state index in [0.29, 0.717) is 28.1 Å². The summed E-state index contributed by atoms with van der Waals surface area (Å²) in [5.74, 6) is -0.156. The number of allylic oxidation sites excluding steroid dienone is 1. The zero-order chi connectivity index (χ0) is 21.0. The first-order valence-electron chi connectivity index (χ1n) is 8.48. The van der Waals surface area contributed by atoms with E-state index in [9.17, 15) is 9.18 Å². The summed E-state index contributed by atoms with van der Waals surface area (Å²) >= 11 is 13.0. The molecule has 1 N–H and O–H groups in total. The smallest absolute Gasteiger partial charge is 0.238 e. The van der Waals surface area contributed by atoms with E-state index in [4.69, 9.17) is 23.2 Å². The van der Waals surface area contributed by atoms with Crippen molar-refractivity contribution in [2.24, 2.45) is 0 Å². The Hall–Kier alpha value is -2.42. The number of nitrogens with one attached hydrogen (secondary N) is 1. The average Bonchev–Trinajstić information content (AvgIpc) is 3.07. The van der Waals surface area contributed by atoms with Gasteiger partial charge in [0, 0.05) is 12.7 Å². The highest BCUT2D eigenvalue weighted by Gasteiger charge is 2.22. The van der Waals surface area contributed by atoms with Crippen LogP contribution < -0.4 is 5.32 Å². The predicted molar refractivity (Wildman–Crippen MR) is 114 cm³/mol. The molecule has 29 heavy (non-hydrogen) atoms. The minimum absolute atomic E-state index is 0.216. The van der Waals surface area contributed by atoms with Gasteiger partial charge in [-0.25, -0.2) is 9.37 Å². The number of rotatable bonds is 7. The molecule has 2 aromatic heterocycles. The molecule has 0 saturated heterocycles. The summed E-state index contributed by atoms with van der Waals surface area (Å²) < 4.78 is 15.9. The van der Waals surface area contributed by atoms with Crippen molar-refractivity contribution in [1.82, 2.24) is 19.7 Å². The Labute approximate surface area is 181 Å². The number of halogens is 3. The lowest BCUT2D eigenvalue weighted by molar-refractivity contribution is -0.115. The fraction of sp³-hybridized carbons (Fsp3) is 0.158. The first kappa shape index (κ1) is 21.3. The number of thioether (sulfide) groups is 1. The van der Waals surface area contributed by atoms with Gasteiger partial charge < -0.3 is 5.32 Å². The van der Waals surface area contributed by atoms with Crippen molar-refractivity contribution in [3.63, 3.8) is 0 Å². The van der Waals surface area contributed by atoms with Crippen LogP contribution in [-0.2, 0) is 11.3 Å². The highest BCUT2D eigenvalue weighted by Crippen LogP contribution is 2.29. The molecule has 150 valence electrons. The van der Waals surface area contributed by atoms with Gasteiger partial charge in [-0.2, -0.15) is 0 Å².